The summed E-state index contributed by atoms with van der Waals surface area (Å²) in [5.74, 6) is -0.109. The van der Waals surface area contributed by atoms with Crippen LogP contribution < -0.4 is 5.32 Å². The Hall–Kier alpha value is -1.92. The number of amides is 1. The second-order valence-corrected chi connectivity index (χ2v) is 18.6. The predicted molar refractivity (Wildman–Crippen MR) is 269 cm³/mol. The molecule has 0 saturated carbocycles. The van der Waals surface area contributed by atoms with E-state index in [1.807, 2.05) is 6.08 Å². The molecule has 0 aromatic rings. The maximum absolute atomic E-state index is 12.4. The summed E-state index contributed by atoms with van der Waals surface area (Å²) < 4.78 is 5.40. The predicted octanol–water partition coefficient (Wildman–Crippen LogP) is 16.5. The van der Waals surface area contributed by atoms with Crippen molar-refractivity contribution >= 4 is 11.9 Å². The smallest absolute Gasteiger partial charge is 0.305 e. The van der Waals surface area contributed by atoms with Crippen molar-refractivity contribution in [3.8, 4) is 0 Å². The molecule has 0 saturated heterocycles. The van der Waals surface area contributed by atoms with Gasteiger partial charge in [0.25, 0.3) is 0 Å². The Kier molecular flexibility index (Phi) is 50.1. The average Bonchev–Trinajstić information content (AvgIpc) is 3.27. The van der Waals surface area contributed by atoms with Crippen molar-refractivity contribution in [1.82, 2.24) is 5.32 Å². The summed E-state index contributed by atoms with van der Waals surface area (Å²) in [6, 6.07) is -0.630. The van der Waals surface area contributed by atoms with E-state index in [2.05, 4.69) is 43.5 Å². The van der Waals surface area contributed by atoms with E-state index in [-0.39, 0.29) is 18.5 Å². The Labute approximate surface area is 385 Å². The molecule has 2 atom stereocenters. The molecule has 1 amide bonds. The summed E-state index contributed by atoms with van der Waals surface area (Å²) in [5.41, 5.74) is 0. The number of ether oxygens (including phenoxy) is 1. The van der Waals surface area contributed by atoms with E-state index >= 15 is 0 Å². The number of allylic oxidation sites excluding steroid dienone is 4. The highest BCUT2D eigenvalue weighted by Gasteiger charge is 2.18. The molecular formula is C56H105NO5. The van der Waals surface area contributed by atoms with Crippen LogP contribution in [-0.4, -0.2) is 47.4 Å². The van der Waals surface area contributed by atoms with Gasteiger partial charge in [0.1, 0.15) is 0 Å². The number of aliphatic hydroxyl groups excluding tert-OH is 2. The van der Waals surface area contributed by atoms with E-state index in [0.717, 1.165) is 51.4 Å². The van der Waals surface area contributed by atoms with Gasteiger partial charge in [-0.2, -0.15) is 0 Å². The lowest BCUT2D eigenvalue weighted by atomic mass is 10.0. The first-order chi connectivity index (χ1) is 30.5. The van der Waals surface area contributed by atoms with E-state index < -0.39 is 12.1 Å². The maximum atomic E-state index is 12.4. The number of nitrogens with one attached hydrogen (secondary N) is 1. The van der Waals surface area contributed by atoms with E-state index in [0.29, 0.717) is 19.4 Å². The van der Waals surface area contributed by atoms with Gasteiger partial charge in [0.2, 0.25) is 5.91 Å². The number of carbonyl (C=O) groups is 2. The first-order valence-electron chi connectivity index (χ1n) is 27.3. The van der Waals surface area contributed by atoms with Gasteiger partial charge in [0, 0.05) is 12.8 Å². The second-order valence-electron chi connectivity index (χ2n) is 18.6. The van der Waals surface area contributed by atoms with E-state index in [1.165, 1.54) is 205 Å². The topological polar surface area (TPSA) is 95.9 Å². The standard InChI is InChI=1S/C56H105NO5/c1-3-5-7-9-11-13-15-28-32-36-40-44-48-54(59)53(52-58)57-55(60)49-45-41-37-33-29-26-24-22-20-18-17-19-21-23-25-27-31-35-39-43-47-51-62-56(61)50-46-42-38-34-30-16-14-12-10-8-6-4-2/h27,31,39,43-44,48,53-54,58-59H,3-26,28-30,32-38,40-42,45-47,49-52H2,1-2H3,(H,57,60)/b31-27-,43-39-,48-44+. The number of unbranched alkanes of at least 4 members (excludes halogenated alkanes) is 35. The minimum absolute atomic E-state index is 0.0357. The number of esters is 1. The SMILES string of the molecule is CCCCCCCCCCCC/C=C/C(O)C(CO)NC(=O)CCCCCCCCCCCCCCCC/C=C\C/C=C\CCOC(=O)CCCCCCCCCCCCCC. The third-order valence-corrected chi connectivity index (χ3v) is 12.4. The Balaban J connectivity index is 3.47. The Bertz CT molecular complexity index is 1010. The van der Waals surface area contributed by atoms with Crippen LogP contribution in [0.5, 0.6) is 0 Å². The molecule has 0 spiro atoms. The van der Waals surface area contributed by atoms with E-state index in [9.17, 15) is 19.8 Å². The zero-order valence-electron chi connectivity index (χ0n) is 41.4. The van der Waals surface area contributed by atoms with Crippen LogP contribution in [0.25, 0.3) is 0 Å². The minimum atomic E-state index is -0.846. The molecule has 0 aromatic carbocycles. The highest BCUT2D eigenvalue weighted by molar-refractivity contribution is 5.76. The van der Waals surface area contributed by atoms with Crippen LogP contribution in [0.2, 0.25) is 0 Å². The molecule has 6 heteroatoms. The van der Waals surface area contributed by atoms with E-state index in [1.54, 1.807) is 6.08 Å². The van der Waals surface area contributed by atoms with Gasteiger partial charge in [-0.3, -0.25) is 9.59 Å². The monoisotopic (exact) mass is 872 g/mol. The summed E-state index contributed by atoms with van der Waals surface area (Å²) in [6.07, 6.45) is 63.2. The van der Waals surface area contributed by atoms with Crippen LogP contribution in [0, 0.1) is 0 Å². The van der Waals surface area contributed by atoms with Crippen LogP contribution in [0.1, 0.15) is 284 Å². The fourth-order valence-corrected chi connectivity index (χ4v) is 8.24. The summed E-state index contributed by atoms with van der Waals surface area (Å²) in [6.45, 7) is 4.78. The molecule has 0 fully saturated rings. The van der Waals surface area contributed by atoms with Gasteiger partial charge in [-0.15, -0.1) is 0 Å². The lowest BCUT2D eigenvalue weighted by Crippen LogP contribution is -2.45. The van der Waals surface area contributed by atoms with Crippen LogP contribution in [0.3, 0.4) is 0 Å². The van der Waals surface area contributed by atoms with Gasteiger partial charge in [0.15, 0.2) is 0 Å². The second kappa shape index (κ2) is 51.7. The van der Waals surface area contributed by atoms with Gasteiger partial charge < -0.3 is 20.3 Å². The van der Waals surface area contributed by atoms with Gasteiger partial charge >= 0.3 is 5.97 Å². The molecule has 2 unspecified atom stereocenters. The number of hydrogen-bond donors (Lipinski definition) is 3. The summed E-state index contributed by atoms with van der Waals surface area (Å²) in [7, 11) is 0. The Morgan fingerprint density at radius 2 is 0.806 bits per heavy atom. The molecule has 0 radical (unpaired) electrons. The average molecular weight is 872 g/mol. The first kappa shape index (κ1) is 60.1. The van der Waals surface area contributed by atoms with Crippen molar-refractivity contribution in [1.29, 1.82) is 0 Å². The molecule has 364 valence electrons. The molecule has 0 heterocycles. The van der Waals surface area contributed by atoms with Crippen molar-refractivity contribution in [3.05, 3.63) is 36.5 Å². The van der Waals surface area contributed by atoms with Crippen molar-refractivity contribution in [2.24, 2.45) is 0 Å². The highest BCUT2D eigenvalue weighted by atomic mass is 16.5. The third-order valence-electron chi connectivity index (χ3n) is 12.4. The quantitative estimate of drug-likeness (QED) is 0.0321. The molecule has 0 aliphatic heterocycles. The lowest BCUT2D eigenvalue weighted by molar-refractivity contribution is -0.143. The normalized spacial score (nSPS) is 12.9. The van der Waals surface area contributed by atoms with Crippen molar-refractivity contribution in [2.75, 3.05) is 13.2 Å². The molecule has 0 bridgehead atoms. The lowest BCUT2D eigenvalue weighted by Gasteiger charge is -2.20. The molecule has 3 N–H and O–H groups in total. The third kappa shape index (κ3) is 47.6. The summed E-state index contributed by atoms with van der Waals surface area (Å²) in [5, 5.41) is 23.0. The number of hydrogen-bond acceptors (Lipinski definition) is 5. The fourth-order valence-electron chi connectivity index (χ4n) is 8.24. The molecule has 62 heavy (non-hydrogen) atoms. The van der Waals surface area contributed by atoms with Crippen LogP contribution in [-0.2, 0) is 14.3 Å². The summed E-state index contributed by atoms with van der Waals surface area (Å²) >= 11 is 0. The molecular weight excluding hydrogens is 767 g/mol. The first-order valence-corrected chi connectivity index (χ1v) is 27.3. The Morgan fingerprint density at radius 3 is 1.23 bits per heavy atom. The molecule has 6 nitrogen and oxygen atoms in total. The van der Waals surface area contributed by atoms with Gasteiger partial charge in [0.05, 0.1) is 25.4 Å². The number of rotatable bonds is 50. The van der Waals surface area contributed by atoms with Gasteiger partial charge in [-0.25, -0.2) is 0 Å². The van der Waals surface area contributed by atoms with Crippen molar-refractivity contribution in [2.45, 2.75) is 296 Å². The summed E-state index contributed by atoms with van der Waals surface area (Å²) in [4.78, 5) is 24.4. The van der Waals surface area contributed by atoms with Gasteiger partial charge in [-0.05, 0) is 51.4 Å². The van der Waals surface area contributed by atoms with Gasteiger partial charge in [-0.1, -0.05) is 256 Å². The van der Waals surface area contributed by atoms with Crippen LogP contribution in [0.4, 0.5) is 0 Å². The number of aliphatic hydroxyl groups is 2. The molecule has 0 rings (SSSR count). The maximum Gasteiger partial charge on any atom is 0.305 e. The fraction of sp³-hybridized carbons (Fsp3) is 0.857. The van der Waals surface area contributed by atoms with Crippen LogP contribution >= 0.6 is 0 Å². The molecule has 0 aromatic heterocycles. The minimum Gasteiger partial charge on any atom is -0.465 e. The number of carbonyl (C=O) groups excluding carboxylic acids is 2. The largest absolute Gasteiger partial charge is 0.465 e. The van der Waals surface area contributed by atoms with E-state index in [4.69, 9.17) is 4.74 Å². The zero-order valence-corrected chi connectivity index (χ0v) is 41.4. The highest BCUT2D eigenvalue weighted by Crippen LogP contribution is 2.16. The van der Waals surface area contributed by atoms with Crippen molar-refractivity contribution < 1.29 is 24.5 Å². The van der Waals surface area contributed by atoms with Crippen LogP contribution in [0.15, 0.2) is 36.5 Å². The van der Waals surface area contributed by atoms with Crippen molar-refractivity contribution in [3.63, 3.8) is 0 Å². The molecule has 0 aliphatic carbocycles. The Morgan fingerprint density at radius 1 is 0.452 bits per heavy atom. The zero-order chi connectivity index (χ0) is 45.1. The molecule has 0 aliphatic rings.